The zero-order valence-corrected chi connectivity index (χ0v) is 16.8. The Morgan fingerprint density at radius 1 is 1.04 bits per heavy atom. The SMILES string of the molecule is COc1ccc(CN(CCN2CCOCC2)C[C@@H](O)Cc2ccccc2)cc1. The molecule has 1 heterocycles. The van der Waals surface area contributed by atoms with Crippen molar-refractivity contribution in [2.75, 3.05) is 53.0 Å². The molecule has 0 spiro atoms. The van der Waals surface area contributed by atoms with Gasteiger partial charge in [-0.2, -0.15) is 0 Å². The molecule has 152 valence electrons. The molecule has 0 amide bonds. The van der Waals surface area contributed by atoms with Gasteiger partial charge >= 0.3 is 0 Å². The van der Waals surface area contributed by atoms with E-state index in [1.54, 1.807) is 7.11 Å². The predicted molar refractivity (Wildman–Crippen MR) is 112 cm³/mol. The number of hydrogen-bond acceptors (Lipinski definition) is 5. The summed E-state index contributed by atoms with van der Waals surface area (Å²) in [6.45, 7) is 7.01. The van der Waals surface area contributed by atoms with Gasteiger partial charge in [0.2, 0.25) is 0 Å². The molecule has 1 fully saturated rings. The summed E-state index contributed by atoms with van der Waals surface area (Å²) in [4.78, 5) is 4.79. The fourth-order valence-electron chi connectivity index (χ4n) is 3.58. The molecule has 5 heteroatoms. The number of ether oxygens (including phenoxy) is 2. The standard InChI is InChI=1S/C23H32N2O3/c1-27-23-9-7-21(8-10-23)18-25(12-11-24-13-15-28-16-14-24)19-22(26)17-20-5-3-2-4-6-20/h2-10,22,26H,11-19H2,1H3/t22-/m0/s1. The third kappa shape index (κ3) is 6.91. The zero-order valence-electron chi connectivity index (χ0n) is 16.8. The first-order valence-electron chi connectivity index (χ1n) is 10.1. The molecule has 0 saturated carbocycles. The number of aliphatic hydroxyl groups is 1. The molecular formula is C23H32N2O3. The lowest BCUT2D eigenvalue weighted by Gasteiger charge is -2.31. The van der Waals surface area contributed by atoms with E-state index in [1.807, 2.05) is 30.3 Å². The number of benzene rings is 2. The summed E-state index contributed by atoms with van der Waals surface area (Å²) in [5, 5.41) is 10.7. The number of rotatable bonds is 10. The average Bonchev–Trinajstić information content (AvgIpc) is 2.74. The molecule has 2 aromatic rings. The van der Waals surface area contributed by atoms with E-state index < -0.39 is 0 Å². The predicted octanol–water partition coefficient (Wildman–Crippen LogP) is 2.43. The van der Waals surface area contributed by atoms with Crippen molar-refractivity contribution < 1.29 is 14.6 Å². The molecule has 1 atom stereocenters. The molecule has 1 saturated heterocycles. The van der Waals surface area contributed by atoms with Crippen molar-refractivity contribution in [3.8, 4) is 5.75 Å². The Kier molecular flexibility index (Phi) is 8.30. The molecule has 1 aliphatic rings. The van der Waals surface area contributed by atoms with Gasteiger partial charge in [-0.05, 0) is 29.7 Å². The summed E-state index contributed by atoms with van der Waals surface area (Å²) in [6.07, 6.45) is 0.294. The number of aliphatic hydroxyl groups excluding tert-OH is 1. The van der Waals surface area contributed by atoms with E-state index in [0.717, 1.165) is 51.7 Å². The van der Waals surface area contributed by atoms with Crippen LogP contribution in [0.3, 0.4) is 0 Å². The Morgan fingerprint density at radius 3 is 2.43 bits per heavy atom. The van der Waals surface area contributed by atoms with Gasteiger partial charge in [0, 0.05) is 39.3 Å². The van der Waals surface area contributed by atoms with Crippen LogP contribution in [0, 0.1) is 0 Å². The number of hydrogen-bond donors (Lipinski definition) is 1. The lowest BCUT2D eigenvalue weighted by Crippen LogP contribution is -2.43. The summed E-state index contributed by atoms with van der Waals surface area (Å²) in [5.74, 6) is 0.868. The van der Waals surface area contributed by atoms with Gasteiger partial charge in [0.15, 0.2) is 0 Å². The van der Waals surface area contributed by atoms with E-state index in [2.05, 4.69) is 34.1 Å². The molecule has 0 aliphatic carbocycles. The maximum absolute atomic E-state index is 10.7. The molecule has 5 nitrogen and oxygen atoms in total. The van der Waals surface area contributed by atoms with Crippen molar-refractivity contribution in [1.82, 2.24) is 9.80 Å². The van der Waals surface area contributed by atoms with Gasteiger partial charge in [0.05, 0.1) is 26.4 Å². The van der Waals surface area contributed by atoms with Crippen LogP contribution in [0.15, 0.2) is 54.6 Å². The van der Waals surface area contributed by atoms with Crippen LogP contribution in [-0.4, -0.2) is 74.1 Å². The molecule has 1 aliphatic heterocycles. The second-order valence-corrected chi connectivity index (χ2v) is 7.38. The Balaban J connectivity index is 1.58. The Bertz CT molecular complexity index is 672. The number of morpholine rings is 1. The molecule has 0 aromatic heterocycles. The largest absolute Gasteiger partial charge is 0.497 e. The normalized spacial score (nSPS) is 16.2. The molecule has 1 N–H and O–H groups in total. The lowest BCUT2D eigenvalue weighted by molar-refractivity contribution is 0.0292. The van der Waals surface area contributed by atoms with Gasteiger partial charge in [-0.25, -0.2) is 0 Å². The topological polar surface area (TPSA) is 45.2 Å². The van der Waals surface area contributed by atoms with Crippen LogP contribution in [0.4, 0.5) is 0 Å². The van der Waals surface area contributed by atoms with Gasteiger partial charge in [-0.15, -0.1) is 0 Å². The molecule has 3 rings (SSSR count). The molecule has 0 radical (unpaired) electrons. The van der Waals surface area contributed by atoms with E-state index in [0.29, 0.717) is 13.0 Å². The Morgan fingerprint density at radius 2 is 1.75 bits per heavy atom. The van der Waals surface area contributed by atoms with E-state index >= 15 is 0 Å². The van der Waals surface area contributed by atoms with Crippen molar-refractivity contribution in [2.45, 2.75) is 19.1 Å². The number of nitrogens with zero attached hydrogens (tertiary/aromatic N) is 2. The van der Waals surface area contributed by atoms with Crippen molar-refractivity contribution in [3.05, 3.63) is 65.7 Å². The Hall–Kier alpha value is -1.92. The average molecular weight is 385 g/mol. The highest BCUT2D eigenvalue weighted by molar-refractivity contribution is 5.27. The maximum Gasteiger partial charge on any atom is 0.118 e. The summed E-state index contributed by atoms with van der Waals surface area (Å²) < 4.78 is 10.7. The number of methoxy groups -OCH3 is 1. The smallest absolute Gasteiger partial charge is 0.118 e. The fraction of sp³-hybridized carbons (Fsp3) is 0.478. The molecule has 0 bridgehead atoms. The second-order valence-electron chi connectivity index (χ2n) is 7.38. The van der Waals surface area contributed by atoms with Crippen LogP contribution >= 0.6 is 0 Å². The second kappa shape index (κ2) is 11.2. The maximum atomic E-state index is 10.7. The quantitative estimate of drug-likeness (QED) is 0.682. The third-order valence-corrected chi connectivity index (χ3v) is 5.18. The zero-order chi connectivity index (χ0) is 19.6. The van der Waals surface area contributed by atoms with E-state index in [4.69, 9.17) is 9.47 Å². The van der Waals surface area contributed by atoms with Gasteiger partial charge in [0.1, 0.15) is 5.75 Å². The lowest BCUT2D eigenvalue weighted by atomic mass is 10.1. The van der Waals surface area contributed by atoms with Crippen LogP contribution in [0.25, 0.3) is 0 Å². The monoisotopic (exact) mass is 384 g/mol. The highest BCUT2D eigenvalue weighted by Gasteiger charge is 2.16. The minimum atomic E-state index is -0.384. The van der Waals surface area contributed by atoms with Crippen molar-refractivity contribution in [2.24, 2.45) is 0 Å². The summed E-state index contributed by atoms with van der Waals surface area (Å²) in [5.41, 5.74) is 2.40. The first-order valence-corrected chi connectivity index (χ1v) is 10.1. The van der Waals surface area contributed by atoms with E-state index in [-0.39, 0.29) is 6.10 Å². The van der Waals surface area contributed by atoms with Gasteiger partial charge in [0.25, 0.3) is 0 Å². The van der Waals surface area contributed by atoms with Crippen molar-refractivity contribution in [3.63, 3.8) is 0 Å². The van der Waals surface area contributed by atoms with Crippen LogP contribution in [0.1, 0.15) is 11.1 Å². The van der Waals surface area contributed by atoms with Crippen LogP contribution in [-0.2, 0) is 17.7 Å². The first-order chi connectivity index (χ1) is 13.7. The first kappa shape index (κ1) is 20.8. The Labute approximate surface area is 168 Å². The highest BCUT2D eigenvalue weighted by Crippen LogP contribution is 2.14. The summed E-state index contributed by atoms with van der Waals surface area (Å²) in [7, 11) is 1.68. The van der Waals surface area contributed by atoms with Gasteiger partial charge in [-0.1, -0.05) is 42.5 Å². The van der Waals surface area contributed by atoms with Crippen LogP contribution in [0.2, 0.25) is 0 Å². The minimum Gasteiger partial charge on any atom is -0.497 e. The third-order valence-electron chi connectivity index (χ3n) is 5.18. The highest BCUT2D eigenvalue weighted by atomic mass is 16.5. The van der Waals surface area contributed by atoms with E-state index in [9.17, 15) is 5.11 Å². The molecule has 28 heavy (non-hydrogen) atoms. The van der Waals surface area contributed by atoms with Crippen molar-refractivity contribution >= 4 is 0 Å². The summed E-state index contributed by atoms with van der Waals surface area (Å²) in [6, 6.07) is 18.4. The van der Waals surface area contributed by atoms with Crippen molar-refractivity contribution in [1.29, 1.82) is 0 Å². The van der Waals surface area contributed by atoms with Crippen LogP contribution in [0.5, 0.6) is 5.75 Å². The fourth-order valence-corrected chi connectivity index (χ4v) is 3.58. The summed E-state index contributed by atoms with van der Waals surface area (Å²) >= 11 is 0. The molecular weight excluding hydrogens is 352 g/mol. The van der Waals surface area contributed by atoms with E-state index in [1.165, 1.54) is 11.1 Å². The minimum absolute atomic E-state index is 0.384. The van der Waals surface area contributed by atoms with Crippen LogP contribution < -0.4 is 4.74 Å². The molecule has 0 unspecified atom stereocenters. The molecule has 2 aromatic carbocycles. The van der Waals surface area contributed by atoms with Gasteiger partial charge < -0.3 is 14.6 Å². The van der Waals surface area contributed by atoms with Gasteiger partial charge in [-0.3, -0.25) is 9.80 Å².